The third-order valence-electron chi connectivity index (χ3n) is 7.54. The van der Waals surface area contributed by atoms with Crippen molar-refractivity contribution in [2.24, 2.45) is 11.8 Å². The highest BCUT2D eigenvalue weighted by molar-refractivity contribution is 6.03. The zero-order chi connectivity index (χ0) is 45.3. The largest absolute Gasteiger partial charge is 0.396 e. The van der Waals surface area contributed by atoms with Gasteiger partial charge in [0.2, 0.25) is 0 Å². The van der Waals surface area contributed by atoms with E-state index >= 15 is 0 Å². The highest BCUT2D eigenvalue weighted by Gasteiger charge is 2.34. The average Bonchev–Trinajstić information content (AvgIpc) is 3.71. The third-order valence-corrected chi connectivity index (χ3v) is 7.54. The Balaban J connectivity index is -0.000000809. The van der Waals surface area contributed by atoms with Crippen LogP contribution in [0.3, 0.4) is 0 Å². The zero-order valence-corrected chi connectivity index (χ0v) is 35.3. The molecule has 2 fully saturated rings. The minimum absolute atomic E-state index is 0.000678. The van der Waals surface area contributed by atoms with Crippen molar-refractivity contribution in [3.8, 4) is 0 Å². The third kappa shape index (κ3) is 33.7. The van der Waals surface area contributed by atoms with Gasteiger partial charge in [0.15, 0.2) is 5.78 Å². The first kappa shape index (κ1) is 59.5. The number of hydroxylamine groups is 6. The van der Waals surface area contributed by atoms with Gasteiger partial charge < -0.3 is 49.3 Å². The summed E-state index contributed by atoms with van der Waals surface area (Å²) in [6, 6.07) is 0. The highest BCUT2D eigenvalue weighted by Crippen LogP contribution is 2.15. The summed E-state index contributed by atoms with van der Waals surface area (Å²) in [5.41, 5.74) is 5.40. The van der Waals surface area contributed by atoms with Crippen molar-refractivity contribution in [3.63, 3.8) is 0 Å². The molecule has 0 aromatic carbocycles. The molecular formula is C38H70N4O17. The Hall–Kier alpha value is -3.77. The predicted molar refractivity (Wildman–Crippen MR) is 211 cm³/mol. The summed E-state index contributed by atoms with van der Waals surface area (Å²) in [7, 11) is 3.24. The molecule has 0 spiro atoms. The molecule has 2 aliphatic rings. The van der Waals surface area contributed by atoms with E-state index in [2.05, 4.69) is 57.3 Å². The maximum atomic E-state index is 11.6. The number of Topliss-reactive ketones (excluding diaryl/α,β-unsaturated/α-hetero) is 1. The fraction of sp³-hybridized carbons (Fsp3) is 0.763. The number of hydrogen-bond acceptors (Lipinski definition) is 19. The molecule has 0 aliphatic carbocycles. The lowest BCUT2D eigenvalue weighted by Crippen LogP contribution is -2.33. The Labute approximate surface area is 347 Å². The number of nitrogens with zero attached hydrogens (tertiary/aromatic N) is 2. The summed E-state index contributed by atoms with van der Waals surface area (Å²) in [4.78, 5) is 98.0. The van der Waals surface area contributed by atoms with Gasteiger partial charge in [-0.25, -0.2) is 20.5 Å². The lowest BCUT2D eigenvalue weighted by Gasteiger charge is -2.16. The Morgan fingerprint density at radius 1 is 0.610 bits per heavy atom. The van der Waals surface area contributed by atoms with Gasteiger partial charge in [0.1, 0.15) is 19.6 Å². The smallest absolute Gasteiger partial charge is 0.358 e. The normalized spacial score (nSPS) is 14.1. The van der Waals surface area contributed by atoms with Crippen LogP contribution in [-0.4, -0.2) is 152 Å². The molecule has 344 valence electrons. The van der Waals surface area contributed by atoms with Crippen molar-refractivity contribution in [2.45, 2.75) is 97.3 Å². The second kappa shape index (κ2) is 42.4. The number of ether oxygens (including phenoxy) is 2. The van der Waals surface area contributed by atoms with E-state index in [1.807, 2.05) is 0 Å². The number of carbonyl (C=O) groups excluding carboxylic acids is 7. The lowest BCUT2D eigenvalue weighted by molar-refractivity contribution is -0.200. The average molecular weight is 855 g/mol. The van der Waals surface area contributed by atoms with Crippen LogP contribution in [0.1, 0.15) is 97.3 Å². The number of carbonyl (C=O) groups is 7. The standard InChI is InChI=1S/C15H23NO8.C13H21NO7.2C4H11NO.C2H4/c17-6-1-2-11(5-7-18)9-23-10-12(19)8-15(22)24-16-13(20)3-4-14(16)21;15-6-1-2-10(5-7-16)8-20-9-13(19)21-14-11(17)3-4-12(14)18;2*1-3-4-5-6-2;1-2/h11,17-18H,1-10H2;10,15-16H,1-9H2;2*5H,3-4H2,1-2H3;1-2H2. The van der Waals surface area contributed by atoms with E-state index in [-0.39, 0.29) is 90.4 Å². The van der Waals surface area contributed by atoms with Gasteiger partial charge in [-0.05, 0) is 63.2 Å². The van der Waals surface area contributed by atoms with Crippen LogP contribution in [-0.2, 0) is 62.4 Å². The molecular weight excluding hydrogens is 784 g/mol. The second-order valence-corrected chi connectivity index (χ2v) is 12.5. The van der Waals surface area contributed by atoms with Crippen LogP contribution in [0.2, 0.25) is 0 Å². The molecule has 2 unspecified atom stereocenters. The van der Waals surface area contributed by atoms with E-state index in [9.17, 15) is 33.6 Å². The summed E-state index contributed by atoms with van der Waals surface area (Å²) in [6.45, 7) is 11.9. The number of aliphatic hydroxyl groups is 4. The van der Waals surface area contributed by atoms with Crippen LogP contribution in [0.15, 0.2) is 13.2 Å². The minimum Gasteiger partial charge on any atom is -0.396 e. The summed E-state index contributed by atoms with van der Waals surface area (Å²) >= 11 is 0. The fourth-order valence-electron chi connectivity index (χ4n) is 4.59. The number of rotatable bonds is 28. The summed E-state index contributed by atoms with van der Waals surface area (Å²) in [5, 5.41) is 36.3. The highest BCUT2D eigenvalue weighted by atomic mass is 16.7. The fourth-order valence-corrected chi connectivity index (χ4v) is 4.59. The van der Waals surface area contributed by atoms with Gasteiger partial charge in [-0.2, -0.15) is 0 Å². The quantitative estimate of drug-likeness (QED) is 0.0207. The number of hydrogen-bond donors (Lipinski definition) is 6. The van der Waals surface area contributed by atoms with Crippen LogP contribution in [0, 0.1) is 11.8 Å². The van der Waals surface area contributed by atoms with Gasteiger partial charge >= 0.3 is 11.9 Å². The molecule has 0 bridgehead atoms. The van der Waals surface area contributed by atoms with Crippen molar-refractivity contribution < 1.29 is 82.8 Å². The van der Waals surface area contributed by atoms with Crippen molar-refractivity contribution in [3.05, 3.63) is 13.2 Å². The Bertz CT molecular complexity index is 1100. The molecule has 59 heavy (non-hydrogen) atoms. The topological polar surface area (TPSA) is 286 Å². The molecule has 6 N–H and O–H groups in total. The molecule has 21 nitrogen and oxygen atoms in total. The van der Waals surface area contributed by atoms with Gasteiger partial charge in [0, 0.05) is 65.2 Å². The lowest BCUT2D eigenvalue weighted by atomic mass is 10.0. The first-order valence-corrected chi connectivity index (χ1v) is 19.6. The number of amides is 4. The second-order valence-electron chi connectivity index (χ2n) is 12.5. The molecule has 21 heteroatoms. The maximum Gasteiger partial charge on any atom is 0.358 e. The van der Waals surface area contributed by atoms with E-state index in [0.717, 1.165) is 25.9 Å². The first-order chi connectivity index (χ1) is 28.4. The van der Waals surface area contributed by atoms with Crippen molar-refractivity contribution >= 4 is 41.4 Å². The molecule has 2 rings (SSSR count). The summed E-state index contributed by atoms with van der Waals surface area (Å²) < 4.78 is 10.4. The van der Waals surface area contributed by atoms with Gasteiger partial charge in [-0.15, -0.1) is 23.3 Å². The van der Waals surface area contributed by atoms with Gasteiger partial charge in [-0.1, -0.05) is 13.8 Å². The molecule has 2 saturated heterocycles. The van der Waals surface area contributed by atoms with E-state index in [1.165, 1.54) is 0 Å². The molecule has 0 radical (unpaired) electrons. The van der Waals surface area contributed by atoms with Crippen molar-refractivity contribution in [1.29, 1.82) is 0 Å². The summed E-state index contributed by atoms with van der Waals surface area (Å²) in [5.74, 6) is -4.57. The SMILES string of the molecule is C=C.CCCNOC.CCCNOC.O=C(COCC(CCO)CCCO)CC(=O)ON1C(=O)CCC1=O.O=C(COCC(CCO)CCCO)ON1C(=O)CCC1=O. The summed E-state index contributed by atoms with van der Waals surface area (Å²) in [6.07, 6.45) is 5.22. The van der Waals surface area contributed by atoms with Crippen LogP contribution < -0.4 is 11.0 Å². The molecule has 0 aromatic rings. The molecule has 2 aliphatic heterocycles. The zero-order valence-electron chi connectivity index (χ0n) is 35.3. The van der Waals surface area contributed by atoms with E-state index in [4.69, 9.17) is 29.9 Å². The monoisotopic (exact) mass is 854 g/mol. The van der Waals surface area contributed by atoms with Gasteiger partial charge in [-0.3, -0.25) is 24.0 Å². The molecule has 0 saturated carbocycles. The van der Waals surface area contributed by atoms with E-state index in [0.29, 0.717) is 48.7 Å². The van der Waals surface area contributed by atoms with E-state index < -0.39 is 47.8 Å². The molecule has 2 heterocycles. The predicted octanol–water partition coefficient (Wildman–Crippen LogP) is 0.619. The van der Waals surface area contributed by atoms with Crippen LogP contribution in [0.25, 0.3) is 0 Å². The minimum atomic E-state index is -0.987. The molecule has 4 amide bonds. The van der Waals surface area contributed by atoms with Crippen LogP contribution >= 0.6 is 0 Å². The number of ketones is 1. The number of aliphatic hydroxyl groups excluding tert-OH is 4. The number of imide groups is 2. The number of nitrogens with one attached hydrogen (secondary N) is 2. The van der Waals surface area contributed by atoms with Crippen molar-refractivity contribution in [2.75, 3.05) is 80.2 Å². The van der Waals surface area contributed by atoms with Gasteiger partial charge in [0.25, 0.3) is 23.6 Å². The van der Waals surface area contributed by atoms with Crippen molar-refractivity contribution in [1.82, 2.24) is 21.1 Å². The molecule has 0 aromatic heterocycles. The first-order valence-electron chi connectivity index (χ1n) is 19.6. The Morgan fingerprint density at radius 2 is 0.983 bits per heavy atom. The van der Waals surface area contributed by atoms with Gasteiger partial charge in [0.05, 0.1) is 27.4 Å². The van der Waals surface area contributed by atoms with Crippen LogP contribution in [0.5, 0.6) is 0 Å². The Morgan fingerprint density at radius 3 is 1.31 bits per heavy atom. The maximum absolute atomic E-state index is 11.6. The van der Waals surface area contributed by atoms with E-state index in [1.54, 1.807) is 14.2 Å². The van der Waals surface area contributed by atoms with Crippen LogP contribution in [0.4, 0.5) is 0 Å². The molecule has 2 atom stereocenters. The Kier molecular flexibility index (Phi) is 42.7.